The van der Waals surface area contributed by atoms with Gasteiger partial charge >= 0.3 is 0 Å². The first-order valence-corrected chi connectivity index (χ1v) is 6.95. The Labute approximate surface area is 109 Å². The molecule has 0 bridgehead atoms. The Morgan fingerprint density at radius 3 is 2.35 bits per heavy atom. The van der Waals surface area contributed by atoms with Crippen molar-refractivity contribution in [2.75, 3.05) is 0 Å². The SMILES string of the molecule is CC(C)(N)c1ccc(C2CCCCC2)c(Cl)c1. The second-order valence-corrected chi connectivity index (χ2v) is 6.20. The molecule has 1 aliphatic carbocycles. The van der Waals surface area contributed by atoms with Crippen molar-refractivity contribution in [3.05, 3.63) is 34.3 Å². The van der Waals surface area contributed by atoms with E-state index >= 15 is 0 Å². The Morgan fingerprint density at radius 2 is 1.82 bits per heavy atom. The number of nitrogens with two attached hydrogens (primary N) is 1. The Balaban J connectivity index is 2.25. The standard InChI is InChI=1S/C15H22ClN/c1-15(2,17)12-8-9-13(14(16)10-12)11-6-4-3-5-7-11/h8-11H,3-7,17H2,1-2H3. The van der Waals surface area contributed by atoms with Crippen molar-refractivity contribution >= 4 is 11.6 Å². The van der Waals surface area contributed by atoms with Crippen molar-refractivity contribution < 1.29 is 0 Å². The molecule has 94 valence electrons. The van der Waals surface area contributed by atoms with Gasteiger partial charge in [-0.25, -0.2) is 0 Å². The van der Waals surface area contributed by atoms with Crippen molar-refractivity contribution in [2.45, 2.75) is 57.4 Å². The van der Waals surface area contributed by atoms with Gasteiger partial charge in [0, 0.05) is 10.6 Å². The van der Waals surface area contributed by atoms with E-state index in [9.17, 15) is 0 Å². The van der Waals surface area contributed by atoms with Crippen LogP contribution in [0.15, 0.2) is 18.2 Å². The van der Waals surface area contributed by atoms with Crippen LogP contribution < -0.4 is 5.73 Å². The highest BCUT2D eigenvalue weighted by Gasteiger charge is 2.20. The van der Waals surface area contributed by atoms with Crippen LogP contribution in [0.5, 0.6) is 0 Å². The second-order valence-electron chi connectivity index (χ2n) is 5.79. The summed E-state index contributed by atoms with van der Waals surface area (Å²) in [6, 6.07) is 6.36. The fraction of sp³-hybridized carbons (Fsp3) is 0.600. The Hall–Kier alpha value is -0.530. The average Bonchev–Trinajstić information content (AvgIpc) is 2.29. The van der Waals surface area contributed by atoms with Gasteiger partial charge in [0.1, 0.15) is 0 Å². The molecule has 1 aliphatic rings. The Kier molecular flexibility index (Phi) is 3.79. The molecule has 0 spiro atoms. The summed E-state index contributed by atoms with van der Waals surface area (Å²) < 4.78 is 0. The summed E-state index contributed by atoms with van der Waals surface area (Å²) in [6.45, 7) is 4.03. The van der Waals surface area contributed by atoms with Gasteiger partial charge in [-0.2, -0.15) is 0 Å². The lowest BCUT2D eigenvalue weighted by Gasteiger charge is -2.25. The van der Waals surface area contributed by atoms with Crippen LogP contribution in [-0.2, 0) is 5.54 Å². The summed E-state index contributed by atoms with van der Waals surface area (Å²) in [6.07, 6.45) is 6.62. The molecule has 2 rings (SSSR count). The molecule has 17 heavy (non-hydrogen) atoms. The molecule has 0 aliphatic heterocycles. The molecule has 0 atom stereocenters. The van der Waals surface area contributed by atoms with Crippen molar-refractivity contribution in [3.63, 3.8) is 0 Å². The summed E-state index contributed by atoms with van der Waals surface area (Å²) >= 11 is 6.41. The van der Waals surface area contributed by atoms with Gasteiger partial charge in [0.2, 0.25) is 0 Å². The van der Waals surface area contributed by atoms with E-state index in [-0.39, 0.29) is 5.54 Å². The molecule has 0 heterocycles. The van der Waals surface area contributed by atoms with Gasteiger partial charge in [0.15, 0.2) is 0 Å². The van der Waals surface area contributed by atoms with Gasteiger partial charge in [0.05, 0.1) is 0 Å². The van der Waals surface area contributed by atoms with Crippen LogP contribution in [0.3, 0.4) is 0 Å². The first-order valence-electron chi connectivity index (χ1n) is 6.57. The zero-order valence-electron chi connectivity index (χ0n) is 10.8. The summed E-state index contributed by atoms with van der Waals surface area (Å²) in [5.74, 6) is 0.659. The number of benzene rings is 1. The molecule has 1 fully saturated rings. The summed E-state index contributed by atoms with van der Waals surface area (Å²) in [4.78, 5) is 0. The van der Waals surface area contributed by atoms with Gasteiger partial charge in [0.25, 0.3) is 0 Å². The Morgan fingerprint density at radius 1 is 1.18 bits per heavy atom. The topological polar surface area (TPSA) is 26.0 Å². The number of halogens is 1. The third-order valence-corrected chi connectivity index (χ3v) is 4.12. The van der Waals surface area contributed by atoms with Gasteiger partial charge < -0.3 is 5.73 Å². The minimum absolute atomic E-state index is 0.311. The van der Waals surface area contributed by atoms with E-state index in [1.165, 1.54) is 37.7 Å². The van der Waals surface area contributed by atoms with Gasteiger partial charge in [-0.15, -0.1) is 0 Å². The first kappa shape index (κ1) is 12.9. The number of rotatable bonds is 2. The molecule has 0 aromatic heterocycles. The largest absolute Gasteiger partial charge is 0.322 e. The van der Waals surface area contributed by atoms with Crippen molar-refractivity contribution in [3.8, 4) is 0 Å². The van der Waals surface area contributed by atoms with Gasteiger partial charge in [-0.05, 0) is 49.8 Å². The predicted molar refractivity (Wildman–Crippen MR) is 74.5 cm³/mol. The summed E-state index contributed by atoms with van der Waals surface area (Å²) in [7, 11) is 0. The molecular weight excluding hydrogens is 230 g/mol. The fourth-order valence-corrected chi connectivity index (χ4v) is 3.01. The third kappa shape index (κ3) is 3.02. The number of hydrogen-bond donors (Lipinski definition) is 1. The van der Waals surface area contributed by atoms with E-state index in [1.54, 1.807) is 0 Å². The quantitative estimate of drug-likeness (QED) is 0.818. The zero-order chi connectivity index (χ0) is 12.5. The van der Waals surface area contributed by atoms with Crippen LogP contribution >= 0.6 is 11.6 Å². The van der Waals surface area contributed by atoms with Crippen LogP contribution in [0.1, 0.15) is 63.0 Å². The molecule has 0 saturated heterocycles. The highest BCUT2D eigenvalue weighted by molar-refractivity contribution is 6.31. The molecule has 2 N–H and O–H groups in total. The maximum atomic E-state index is 6.41. The van der Waals surface area contributed by atoms with Crippen LogP contribution in [0.25, 0.3) is 0 Å². The van der Waals surface area contributed by atoms with Crippen LogP contribution in [-0.4, -0.2) is 0 Å². The van der Waals surface area contributed by atoms with Crippen molar-refractivity contribution in [1.29, 1.82) is 0 Å². The van der Waals surface area contributed by atoms with E-state index in [0.29, 0.717) is 5.92 Å². The van der Waals surface area contributed by atoms with Crippen molar-refractivity contribution in [1.82, 2.24) is 0 Å². The lowest BCUT2D eigenvalue weighted by atomic mass is 9.83. The van der Waals surface area contributed by atoms with E-state index in [4.69, 9.17) is 17.3 Å². The maximum absolute atomic E-state index is 6.41. The normalized spacial score (nSPS) is 18.4. The molecule has 1 saturated carbocycles. The lowest BCUT2D eigenvalue weighted by Crippen LogP contribution is -2.28. The van der Waals surface area contributed by atoms with E-state index < -0.39 is 0 Å². The monoisotopic (exact) mass is 251 g/mol. The lowest BCUT2D eigenvalue weighted by molar-refractivity contribution is 0.443. The average molecular weight is 252 g/mol. The highest BCUT2D eigenvalue weighted by atomic mass is 35.5. The van der Waals surface area contributed by atoms with E-state index in [2.05, 4.69) is 12.1 Å². The van der Waals surface area contributed by atoms with Crippen molar-refractivity contribution in [2.24, 2.45) is 5.73 Å². The van der Waals surface area contributed by atoms with Crippen LogP contribution in [0, 0.1) is 0 Å². The Bertz CT molecular complexity index is 386. The summed E-state index contributed by atoms with van der Waals surface area (Å²) in [5, 5.41) is 0.896. The molecule has 1 nitrogen and oxygen atoms in total. The predicted octanol–water partition coefficient (Wildman–Crippen LogP) is 4.58. The minimum atomic E-state index is -0.311. The smallest absolute Gasteiger partial charge is 0.0444 e. The second kappa shape index (κ2) is 4.99. The molecular formula is C15H22ClN. The molecule has 1 aromatic carbocycles. The molecule has 0 amide bonds. The van der Waals surface area contributed by atoms with E-state index in [0.717, 1.165) is 10.6 Å². The van der Waals surface area contributed by atoms with E-state index in [1.807, 2.05) is 19.9 Å². The molecule has 0 unspecified atom stereocenters. The minimum Gasteiger partial charge on any atom is -0.322 e. The van der Waals surface area contributed by atoms with Crippen LogP contribution in [0.2, 0.25) is 5.02 Å². The van der Waals surface area contributed by atoms with Gasteiger partial charge in [-0.1, -0.05) is 43.0 Å². The first-order chi connectivity index (χ1) is 7.98. The van der Waals surface area contributed by atoms with Crippen LogP contribution in [0.4, 0.5) is 0 Å². The molecule has 0 radical (unpaired) electrons. The highest BCUT2D eigenvalue weighted by Crippen LogP contribution is 2.37. The number of hydrogen-bond acceptors (Lipinski definition) is 1. The molecule has 1 aromatic rings. The molecule has 2 heteroatoms. The third-order valence-electron chi connectivity index (χ3n) is 3.79. The summed E-state index contributed by atoms with van der Waals surface area (Å²) in [5.41, 5.74) is 8.22. The zero-order valence-corrected chi connectivity index (χ0v) is 11.6. The fourth-order valence-electron chi connectivity index (χ4n) is 2.67. The van der Waals surface area contributed by atoms with Gasteiger partial charge in [-0.3, -0.25) is 0 Å². The maximum Gasteiger partial charge on any atom is 0.0444 e.